The summed E-state index contributed by atoms with van der Waals surface area (Å²) in [5, 5.41) is 22.4. The van der Waals surface area contributed by atoms with Crippen molar-refractivity contribution in [2.75, 3.05) is 14.2 Å². The molecule has 0 heterocycles. The molecule has 7 heteroatoms. The number of hydrogen-bond acceptors (Lipinski definition) is 6. The number of ether oxygens (including phenoxy) is 2. The fourth-order valence-electron chi connectivity index (χ4n) is 6.49. The molecule has 0 saturated heterocycles. The molecule has 44 heavy (non-hydrogen) atoms. The van der Waals surface area contributed by atoms with E-state index in [1.165, 1.54) is 14.2 Å². The van der Waals surface area contributed by atoms with Crippen molar-refractivity contribution in [2.45, 2.75) is 118 Å². The minimum atomic E-state index is -1.08. The van der Waals surface area contributed by atoms with Crippen LogP contribution in [-0.4, -0.2) is 42.3 Å². The lowest BCUT2D eigenvalue weighted by molar-refractivity contribution is -0.146. The van der Waals surface area contributed by atoms with Crippen LogP contribution < -0.4 is 0 Å². The second-order valence-electron chi connectivity index (χ2n) is 15.7. The number of carbonyl (C=O) groups is 3. The number of aromatic hydroxyl groups is 1. The molecule has 0 aromatic heterocycles. The summed E-state index contributed by atoms with van der Waals surface area (Å²) in [5.74, 6) is -2.35. The number of phenols is 1. The van der Waals surface area contributed by atoms with E-state index in [2.05, 4.69) is 19.9 Å². The van der Waals surface area contributed by atoms with E-state index in [0.29, 0.717) is 35.1 Å². The maximum Gasteiger partial charge on any atom is 0.336 e. The van der Waals surface area contributed by atoms with Crippen molar-refractivity contribution >= 4 is 17.9 Å². The van der Waals surface area contributed by atoms with Crippen LogP contribution in [0.2, 0.25) is 0 Å². The van der Waals surface area contributed by atoms with Gasteiger partial charge in [0.15, 0.2) is 0 Å². The zero-order valence-corrected chi connectivity index (χ0v) is 29.3. The molecule has 0 aliphatic rings. The maximum absolute atomic E-state index is 13.0. The van der Waals surface area contributed by atoms with E-state index in [1.54, 1.807) is 6.07 Å². The number of carbonyl (C=O) groups excluding carboxylic acids is 2. The van der Waals surface area contributed by atoms with E-state index in [0.717, 1.165) is 11.1 Å². The molecular weight excluding hydrogens is 556 g/mol. The van der Waals surface area contributed by atoms with Crippen LogP contribution in [0, 0.1) is 11.8 Å². The van der Waals surface area contributed by atoms with Crippen LogP contribution in [0.25, 0.3) is 11.1 Å². The maximum atomic E-state index is 13.0. The predicted octanol–water partition coefficient (Wildman–Crippen LogP) is 8.31. The molecule has 0 bridgehead atoms. The molecule has 2 aromatic carbocycles. The first-order chi connectivity index (χ1) is 19.9. The topological polar surface area (TPSA) is 110 Å². The van der Waals surface area contributed by atoms with Crippen LogP contribution >= 0.6 is 0 Å². The highest BCUT2D eigenvalue weighted by atomic mass is 16.5. The molecule has 0 fully saturated rings. The molecule has 2 rings (SSSR count). The number of benzene rings is 2. The lowest BCUT2D eigenvalue weighted by Crippen LogP contribution is -2.29. The molecule has 2 aromatic rings. The Morgan fingerprint density at radius 1 is 0.727 bits per heavy atom. The summed E-state index contributed by atoms with van der Waals surface area (Å²) in [6, 6.07) is 7.60. The smallest absolute Gasteiger partial charge is 0.336 e. The van der Waals surface area contributed by atoms with Crippen LogP contribution in [-0.2, 0) is 40.7 Å². The second-order valence-corrected chi connectivity index (χ2v) is 15.7. The lowest BCUT2D eigenvalue weighted by atomic mass is 9.68. The molecule has 0 saturated carbocycles. The Hall–Kier alpha value is -3.35. The van der Waals surface area contributed by atoms with Gasteiger partial charge in [-0.2, -0.15) is 0 Å². The SMILES string of the molecule is COC(=O)C(C)CC(C)(C)c1ccc(-c2c(C(=O)O)cc(C(C)(C)C)c(O)c2C(C)(C)C)c(C(C)(C)CC(C)C(=O)OC)c1. The third kappa shape index (κ3) is 7.83. The van der Waals surface area contributed by atoms with Gasteiger partial charge >= 0.3 is 17.9 Å². The van der Waals surface area contributed by atoms with Crippen molar-refractivity contribution in [3.05, 3.63) is 52.1 Å². The molecule has 0 aliphatic carbocycles. The summed E-state index contributed by atoms with van der Waals surface area (Å²) >= 11 is 0. The van der Waals surface area contributed by atoms with Gasteiger partial charge in [0.25, 0.3) is 0 Å². The van der Waals surface area contributed by atoms with Crippen LogP contribution in [0.15, 0.2) is 24.3 Å². The van der Waals surface area contributed by atoms with Crippen LogP contribution in [0.1, 0.15) is 129 Å². The number of hydrogen-bond donors (Lipinski definition) is 2. The Balaban J connectivity index is 3.11. The quantitative estimate of drug-likeness (QED) is 0.260. The van der Waals surface area contributed by atoms with Gasteiger partial charge in [0.2, 0.25) is 0 Å². The van der Waals surface area contributed by atoms with Crippen molar-refractivity contribution in [3.63, 3.8) is 0 Å². The normalized spacial score (nSPS) is 14.1. The molecule has 0 spiro atoms. The first kappa shape index (κ1) is 36.8. The lowest BCUT2D eigenvalue weighted by Gasteiger charge is -2.36. The molecule has 0 aliphatic heterocycles. The third-order valence-electron chi connectivity index (χ3n) is 8.73. The number of rotatable bonds is 10. The number of methoxy groups -OCH3 is 2. The standard InChI is InChI=1S/C37H54O7/c1-21(32(41)43-13)19-36(9,10)23-15-16-24(26(17-23)37(11,12)20-22(2)33(42)44-14)28-25(31(39)40)18-27(34(3,4)5)30(38)29(28)35(6,7)8/h15-18,21-22,38H,19-20H2,1-14H3,(H,39,40). The summed E-state index contributed by atoms with van der Waals surface area (Å²) in [7, 11) is 2.76. The average molecular weight is 611 g/mol. The van der Waals surface area contributed by atoms with Gasteiger partial charge < -0.3 is 19.7 Å². The zero-order chi connectivity index (χ0) is 34.2. The Morgan fingerprint density at radius 2 is 1.20 bits per heavy atom. The molecule has 0 amide bonds. The molecule has 2 N–H and O–H groups in total. The zero-order valence-electron chi connectivity index (χ0n) is 29.3. The van der Waals surface area contributed by atoms with Crippen molar-refractivity contribution in [1.82, 2.24) is 0 Å². The van der Waals surface area contributed by atoms with E-state index in [-0.39, 0.29) is 29.2 Å². The van der Waals surface area contributed by atoms with Gasteiger partial charge in [0.05, 0.1) is 31.6 Å². The first-order valence-electron chi connectivity index (χ1n) is 15.4. The van der Waals surface area contributed by atoms with E-state index in [4.69, 9.17) is 9.47 Å². The van der Waals surface area contributed by atoms with Gasteiger partial charge in [-0.05, 0) is 57.3 Å². The molecular formula is C37H54O7. The van der Waals surface area contributed by atoms with Crippen LogP contribution in [0.3, 0.4) is 0 Å². The largest absolute Gasteiger partial charge is 0.507 e. The number of carboxylic acid groups (broad SMARTS) is 1. The van der Waals surface area contributed by atoms with Crippen LogP contribution in [0.4, 0.5) is 0 Å². The summed E-state index contributed by atoms with van der Waals surface area (Å²) in [6.07, 6.45) is 0.973. The third-order valence-corrected chi connectivity index (χ3v) is 8.73. The highest BCUT2D eigenvalue weighted by Gasteiger charge is 2.37. The number of aromatic carboxylic acids is 1. The van der Waals surface area contributed by atoms with E-state index in [9.17, 15) is 24.6 Å². The summed E-state index contributed by atoms with van der Waals surface area (Å²) < 4.78 is 10.0. The minimum absolute atomic E-state index is 0.0907. The number of carboxylic acids is 1. The number of esters is 2. The van der Waals surface area contributed by atoms with E-state index in [1.807, 2.05) is 81.4 Å². The molecule has 244 valence electrons. The molecule has 2 atom stereocenters. The summed E-state index contributed by atoms with van der Waals surface area (Å²) in [4.78, 5) is 37.8. The Bertz CT molecular complexity index is 1400. The van der Waals surface area contributed by atoms with Crippen LogP contribution in [0.5, 0.6) is 5.75 Å². The minimum Gasteiger partial charge on any atom is -0.507 e. The van der Waals surface area contributed by atoms with Gasteiger partial charge in [0.1, 0.15) is 5.75 Å². The predicted molar refractivity (Wildman–Crippen MR) is 176 cm³/mol. The van der Waals surface area contributed by atoms with Gasteiger partial charge in [-0.15, -0.1) is 0 Å². The first-order valence-corrected chi connectivity index (χ1v) is 15.4. The summed E-state index contributed by atoms with van der Waals surface area (Å²) in [6.45, 7) is 23.7. The van der Waals surface area contributed by atoms with Crippen molar-refractivity contribution in [3.8, 4) is 16.9 Å². The Labute approximate surface area is 264 Å². The van der Waals surface area contributed by atoms with Gasteiger partial charge in [-0.1, -0.05) is 101 Å². The molecule has 2 unspecified atom stereocenters. The fourth-order valence-corrected chi connectivity index (χ4v) is 6.49. The van der Waals surface area contributed by atoms with Crippen molar-refractivity contribution < 1.29 is 34.1 Å². The average Bonchev–Trinajstić information content (AvgIpc) is 2.89. The highest BCUT2D eigenvalue weighted by molar-refractivity contribution is 5.99. The van der Waals surface area contributed by atoms with Gasteiger partial charge in [-0.3, -0.25) is 9.59 Å². The molecule has 7 nitrogen and oxygen atoms in total. The van der Waals surface area contributed by atoms with E-state index < -0.39 is 33.5 Å². The highest BCUT2D eigenvalue weighted by Crippen LogP contribution is 2.50. The fraction of sp³-hybridized carbons (Fsp3) is 0.595. The monoisotopic (exact) mass is 610 g/mol. The van der Waals surface area contributed by atoms with Crippen molar-refractivity contribution in [1.29, 1.82) is 0 Å². The Kier molecular flexibility index (Phi) is 10.8. The van der Waals surface area contributed by atoms with Gasteiger partial charge in [0, 0.05) is 16.7 Å². The van der Waals surface area contributed by atoms with Crippen molar-refractivity contribution in [2.24, 2.45) is 11.8 Å². The summed E-state index contributed by atoms with van der Waals surface area (Å²) in [5.41, 5.74) is 2.04. The van der Waals surface area contributed by atoms with E-state index >= 15 is 0 Å². The molecule has 0 radical (unpaired) electrons. The van der Waals surface area contributed by atoms with Gasteiger partial charge in [-0.25, -0.2) is 4.79 Å². The second kappa shape index (κ2) is 12.9. The Morgan fingerprint density at radius 3 is 1.61 bits per heavy atom. The number of phenolic OH excluding ortho intramolecular Hbond substituents is 1.